The van der Waals surface area contributed by atoms with Crippen molar-refractivity contribution in [2.45, 2.75) is 33.8 Å². The van der Waals surface area contributed by atoms with Crippen LogP contribution in [0, 0.1) is 19.8 Å². The Morgan fingerprint density at radius 2 is 2.06 bits per heavy atom. The minimum atomic E-state index is -0.639. The van der Waals surface area contributed by atoms with Gasteiger partial charge in [-0.1, -0.05) is 13.8 Å². The molecule has 6 nitrogen and oxygen atoms in total. The average molecular weight is 253 g/mol. The Bertz CT molecular complexity index is 494. The number of carbonyl (C=O) groups is 1. The van der Waals surface area contributed by atoms with E-state index in [1.807, 2.05) is 13.8 Å². The fraction of sp³-hybridized carbons (Fsp3) is 0.583. The van der Waals surface area contributed by atoms with Crippen molar-refractivity contribution in [3.8, 4) is 0 Å². The number of aliphatic hydroxyl groups is 1. The normalized spacial score (nSPS) is 12.6. The number of nitrogens with zero attached hydrogens (tertiary/aromatic N) is 1. The first-order valence-corrected chi connectivity index (χ1v) is 5.86. The van der Waals surface area contributed by atoms with Crippen LogP contribution in [0.1, 0.15) is 35.7 Å². The number of hydrogen-bond acceptors (Lipinski definition) is 4. The summed E-state index contributed by atoms with van der Waals surface area (Å²) in [6.07, 6.45) is -0.639. The van der Waals surface area contributed by atoms with E-state index in [9.17, 15) is 14.7 Å². The number of nitrogens with one attached hydrogen (secondary N) is 2. The summed E-state index contributed by atoms with van der Waals surface area (Å²) in [5.74, 6) is -0.532. The van der Waals surface area contributed by atoms with E-state index in [2.05, 4.69) is 15.3 Å². The van der Waals surface area contributed by atoms with E-state index < -0.39 is 17.6 Å². The lowest BCUT2D eigenvalue weighted by Crippen LogP contribution is -2.38. The minimum absolute atomic E-state index is 0.0382. The van der Waals surface area contributed by atoms with Gasteiger partial charge in [-0.25, -0.2) is 4.98 Å². The summed E-state index contributed by atoms with van der Waals surface area (Å²) in [6.45, 7) is 7.22. The maximum Gasteiger partial charge on any atom is 0.279 e. The highest BCUT2D eigenvalue weighted by atomic mass is 16.3. The molecular formula is C12H19N3O3. The number of aliphatic hydroxyl groups excluding tert-OH is 1. The molecule has 0 aliphatic heterocycles. The summed E-state index contributed by atoms with van der Waals surface area (Å²) in [7, 11) is 0. The number of carbonyl (C=O) groups excluding carboxylic acids is 1. The van der Waals surface area contributed by atoms with Crippen LogP contribution in [0.15, 0.2) is 4.79 Å². The quantitative estimate of drug-likeness (QED) is 0.711. The average Bonchev–Trinajstić information content (AvgIpc) is 2.30. The largest absolute Gasteiger partial charge is 0.391 e. The van der Waals surface area contributed by atoms with E-state index in [0.717, 1.165) is 0 Å². The van der Waals surface area contributed by atoms with Gasteiger partial charge >= 0.3 is 0 Å². The van der Waals surface area contributed by atoms with Gasteiger partial charge in [-0.2, -0.15) is 0 Å². The number of rotatable bonds is 4. The first-order chi connectivity index (χ1) is 8.32. The van der Waals surface area contributed by atoms with Crippen molar-refractivity contribution in [1.29, 1.82) is 0 Å². The Labute approximate surface area is 105 Å². The molecule has 0 saturated carbocycles. The zero-order valence-corrected chi connectivity index (χ0v) is 11.1. The van der Waals surface area contributed by atoms with Gasteiger partial charge in [0.15, 0.2) is 5.69 Å². The SMILES string of the molecule is Cc1nc(C(=O)NCC(O)C(C)C)c(=O)[nH]c1C. The maximum absolute atomic E-state index is 11.8. The van der Waals surface area contributed by atoms with E-state index in [4.69, 9.17) is 0 Å². The third-order valence-corrected chi connectivity index (χ3v) is 2.79. The Morgan fingerprint density at radius 1 is 1.44 bits per heavy atom. The van der Waals surface area contributed by atoms with Gasteiger partial charge in [0.2, 0.25) is 0 Å². The molecule has 0 aliphatic rings. The smallest absolute Gasteiger partial charge is 0.279 e. The second-order valence-electron chi connectivity index (χ2n) is 4.65. The summed E-state index contributed by atoms with van der Waals surface area (Å²) in [5.41, 5.74) is 0.548. The zero-order valence-electron chi connectivity index (χ0n) is 11.1. The molecular weight excluding hydrogens is 234 g/mol. The molecule has 0 aromatic carbocycles. The summed E-state index contributed by atoms with van der Waals surface area (Å²) < 4.78 is 0. The van der Waals surface area contributed by atoms with Gasteiger partial charge < -0.3 is 15.4 Å². The molecule has 6 heteroatoms. The summed E-state index contributed by atoms with van der Waals surface area (Å²) in [6, 6.07) is 0. The Morgan fingerprint density at radius 3 is 2.61 bits per heavy atom. The van der Waals surface area contributed by atoms with Gasteiger partial charge in [0, 0.05) is 12.2 Å². The predicted molar refractivity (Wildman–Crippen MR) is 67.5 cm³/mol. The highest BCUT2D eigenvalue weighted by Crippen LogP contribution is 2.00. The van der Waals surface area contributed by atoms with Gasteiger partial charge in [0.05, 0.1) is 11.8 Å². The van der Waals surface area contributed by atoms with E-state index in [0.29, 0.717) is 11.4 Å². The molecule has 100 valence electrons. The van der Waals surface area contributed by atoms with Gasteiger partial charge in [-0.05, 0) is 19.8 Å². The first-order valence-electron chi connectivity index (χ1n) is 5.86. The van der Waals surface area contributed by atoms with Gasteiger partial charge in [0.25, 0.3) is 11.5 Å². The van der Waals surface area contributed by atoms with Crippen molar-refractivity contribution in [3.05, 3.63) is 27.4 Å². The van der Waals surface area contributed by atoms with Crippen LogP contribution < -0.4 is 10.9 Å². The molecule has 0 spiro atoms. The van der Waals surface area contributed by atoms with Crippen molar-refractivity contribution in [2.75, 3.05) is 6.54 Å². The Kier molecular flexibility index (Phi) is 4.61. The second-order valence-corrected chi connectivity index (χ2v) is 4.65. The van der Waals surface area contributed by atoms with Crippen molar-refractivity contribution >= 4 is 5.91 Å². The molecule has 18 heavy (non-hydrogen) atoms. The van der Waals surface area contributed by atoms with Gasteiger partial charge in [-0.15, -0.1) is 0 Å². The number of hydrogen-bond donors (Lipinski definition) is 3. The second kappa shape index (κ2) is 5.77. The zero-order chi connectivity index (χ0) is 13.9. The molecule has 1 atom stereocenters. The van der Waals surface area contributed by atoms with Crippen LogP contribution in [0.3, 0.4) is 0 Å². The third kappa shape index (κ3) is 3.40. The summed E-state index contributed by atoms with van der Waals surface area (Å²) in [5, 5.41) is 12.1. The standard InChI is InChI=1S/C12H19N3O3/c1-6(2)9(16)5-13-11(17)10-12(18)15-8(4)7(3)14-10/h6,9,16H,5H2,1-4H3,(H,13,17)(H,15,18). The molecule has 0 bridgehead atoms. The molecule has 0 aliphatic carbocycles. The number of aryl methyl sites for hydroxylation is 2. The van der Waals surface area contributed by atoms with Gasteiger partial charge in [0.1, 0.15) is 0 Å². The van der Waals surface area contributed by atoms with Gasteiger partial charge in [-0.3, -0.25) is 9.59 Å². The molecule has 1 amide bonds. The van der Waals surface area contributed by atoms with Crippen LogP contribution in [0.25, 0.3) is 0 Å². The van der Waals surface area contributed by atoms with Crippen molar-refractivity contribution in [1.82, 2.24) is 15.3 Å². The molecule has 1 aromatic rings. The maximum atomic E-state index is 11.8. The fourth-order valence-corrected chi connectivity index (χ4v) is 1.29. The molecule has 0 saturated heterocycles. The Hall–Kier alpha value is -1.69. The van der Waals surface area contributed by atoms with Crippen LogP contribution in [-0.2, 0) is 0 Å². The molecule has 1 heterocycles. The van der Waals surface area contributed by atoms with Crippen molar-refractivity contribution < 1.29 is 9.90 Å². The van der Waals surface area contributed by atoms with Crippen LogP contribution >= 0.6 is 0 Å². The Balaban J connectivity index is 2.79. The number of aromatic nitrogens is 2. The lowest BCUT2D eigenvalue weighted by Gasteiger charge is -2.14. The van der Waals surface area contributed by atoms with E-state index in [1.165, 1.54) is 0 Å². The summed E-state index contributed by atoms with van der Waals surface area (Å²) in [4.78, 5) is 29.8. The molecule has 0 radical (unpaired) electrons. The highest BCUT2D eigenvalue weighted by Gasteiger charge is 2.16. The first kappa shape index (κ1) is 14.4. The van der Waals surface area contributed by atoms with E-state index >= 15 is 0 Å². The molecule has 1 rings (SSSR count). The fourth-order valence-electron chi connectivity index (χ4n) is 1.29. The minimum Gasteiger partial charge on any atom is -0.391 e. The van der Waals surface area contributed by atoms with Crippen molar-refractivity contribution in [3.63, 3.8) is 0 Å². The molecule has 1 aromatic heterocycles. The lowest BCUT2D eigenvalue weighted by molar-refractivity contribution is 0.0865. The monoisotopic (exact) mass is 253 g/mol. The number of H-pyrrole nitrogens is 1. The lowest BCUT2D eigenvalue weighted by atomic mass is 10.1. The third-order valence-electron chi connectivity index (χ3n) is 2.79. The number of amides is 1. The van der Waals surface area contributed by atoms with E-state index in [-0.39, 0.29) is 18.2 Å². The molecule has 1 unspecified atom stereocenters. The summed E-state index contributed by atoms with van der Waals surface area (Å²) >= 11 is 0. The number of aromatic amines is 1. The van der Waals surface area contributed by atoms with Crippen LogP contribution in [-0.4, -0.2) is 33.6 Å². The van der Waals surface area contributed by atoms with E-state index in [1.54, 1.807) is 13.8 Å². The molecule has 0 fully saturated rings. The van der Waals surface area contributed by atoms with Crippen LogP contribution in [0.4, 0.5) is 0 Å². The highest BCUT2D eigenvalue weighted by molar-refractivity contribution is 5.91. The predicted octanol–water partition coefficient (Wildman–Crippen LogP) is 0.133. The van der Waals surface area contributed by atoms with Crippen molar-refractivity contribution in [2.24, 2.45) is 5.92 Å². The van der Waals surface area contributed by atoms with Crippen LogP contribution in [0.5, 0.6) is 0 Å². The topological polar surface area (TPSA) is 95.1 Å². The molecule has 3 N–H and O–H groups in total. The van der Waals surface area contributed by atoms with Crippen LogP contribution in [0.2, 0.25) is 0 Å².